The van der Waals surface area contributed by atoms with Crippen LogP contribution in [0.5, 0.6) is 0 Å². The van der Waals surface area contributed by atoms with Crippen LogP contribution in [0, 0.1) is 0 Å². The number of nitrogens with zero attached hydrogens (tertiary/aromatic N) is 4. The lowest BCUT2D eigenvalue weighted by molar-refractivity contribution is 0.191. The molecule has 37 heavy (non-hydrogen) atoms. The molecule has 192 valence electrons. The number of sulfone groups is 1. The summed E-state index contributed by atoms with van der Waals surface area (Å²) in [5.41, 5.74) is 4.23. The van der Waals surface area contributed by atoms with Gasteiger partial charge in [0.05, 0.1) is 16.1 Å². The molecule has 0 radical (unpaired) electrons. The van der Waals surface area contributed by atoms with E-state index in [1.165, 1.54) is 6.26 Å². The fraction of sp³-hybridized carbons (Fsp3) is 0.286. The maximum atomic E-state index is 13.1. The van der Waals surface area contributed by atoms with E-state index in [9.17, 15) is 13.2 Å². The highest BCUT2D eigenvalue weighted by atomic mass is 32.2. The summed E-state index contributed by atoms with van der Waals surface area (Å²) in [4.78, 5) is 22.3. The maximum Gasteiger partial charge on any atom is 0.321 e. The Hall–Kier alpha value is -3.85. The van der Waals surface area contributed by atoms with Crippen LogP contribution in [-0.4, -0.2) is 62.2 Å². The Morgan fingerprint density at radius 2 is 1.84 bits per heavy atom. The SMILES string of the molecule is CN(C)c1ccc(NC(=O)N2CCC[C@@H](c3nc(-c4cccc(S(C)(=O)=O)c4)c4ccccn34)C2)cc1. The minimum atomic E-state index is -3.34. The minimum Gasteiger partial charge on any atom is -0.378 e. The molecule has 0 unspecified atom stereocenters. The lowest BCUT2D eigenvalue weighted by Gasteiger charge is -2.32. The van der Waals surface area contributed by atoms with Gasteiger partial charge in [-0.3, -0.25) is 0 Å². The van der Waals surface area contributed by atoms with Crippen LogP contribution in [-0.2, 0) is 9.84 Å². The Morgan fingerprint density at radius 3 is 2.57 bits per heavy atom. The van der Waals surface area contributed by atoms with Gasteiger partial charge in [0.2, 0.25) is 0 Å². The largest absolute Gasteiger partial charge is 0.378 e. The molecule has 1 fully saturated rings. The van der Waals surface area contributed by atoms with E-state index in [1.807, 2.05) is 78.6 Å². The Kier molecular flexibility index (Phi) is 6.64. The first-order valence-corrected chi connectivity index (χ1v) is 14.2. The third-order valence-corrected chi connectivity index (χ3v) is 7.93. The number of aromatic nitrogens is 2. The van der Waals surface area contributed by atoms with Crippen LogP contribution in [0.3, 0.4) is 0 Å². The van der Waals surface area contributed by atoms with Crippen molar-refractivity contribution in [3.8, 4) is 11.3 Å². The smallest absolute Gasteiger partial charge is 0.321 e. The number of hydrogen-bond acceptors (Lipinski definition) is 5. The fourth-order valence-electron chi connectivity index (χ4n) is 4.85. The summed E-state index contributed by atoms with van der Waals surface area (Å²) < 4.78 is 26.3. The lowest BCUT2D eigenvalue weighted by atomic mass is 9.97. The number of rotatable bonds is 5. The molecule has 0 bridgehead atoms. The van der Waals surface area contributed by atoms with Gasteiger partial charge < -0.3 is 19.5 Å². The number of pyridine rings is 1. The molecule has 2 amide bonds. The van der Waals surface area contributed by atoms with Gasteiger partial charge in [-0.1, -0.05) is 18.2 Å². The van der Waals surface area contributed by atoms with Gasteiger partial charge in [0.1, 0.15) is 5.82 Å². The van der Waals surface area contributed by atoms with Crippen molar-refractivity contribution in [2.45, 2.75) is 23.7 Å². The van der Waals surface area contributed by atoms with Crippen LogP contribution in [0.15, 0.2) is 77.8 Å². The molecule has 1 aliphatic rings. The predicted octanol–water partition coefficient (Wildman–Crippen LogP) is 4.88. The number of urea groups is 1. The van der Waals surface area contributed by atoms with Crippen molar-refractivity contribution in [2.75, 3.05) is 43.7 Å². The molecule has 8 nitrogen and oxygen atoms in total. The molecule has 1 saturated heterocycles. The molecule has 5 rings (SSSR count). The Labute approximate surface area is 217 Å². The van der Waals surface area contributed by atoms with Gasteiger partial charge in [0, 0.05) is 62.5 Å². The van der Waals surface area contributed by atoms with Gasteiger partial charge in [-0.2, -0.15) is 0 Å². The first-order chi connectivity index (χ1) is 17.7. The summed E-state index contributed by atoms with van der Waals surface area (Å²) in [7, 11) is 0.624. The average Bonchev–Trinajstić information content (AvgIpc) is 3.28. The Bertz CT molecular complexity index is 1540. The molecule has 9 heteroatoms. The monoisotopic (exact) mass is 517 g/mol. The molecule has 3 heterocycles. The zero-order valence-electron chi connectivity index (χ0n) is 21.3. The zero-order valence-corrected chi connectivity index (χ0v) is 22.1. The Balaban J connectivity index is 1.41. The summed E-state index contributed by atoms with van der Waals surface area (Å²) in [6.07, 6.45) is 4.98. The van der Waals surface area contributed by atoms with Gasteiger partial charge in [0.15, 0.2) is 9.84 Å². The molecule has 1 N–H and O–H groups in total. The number of imidazole rings is 1. The van der Waals surface area contributed by atoms with Crippen LogP contribution in [0.2, 0.25) is 0 Å². The van der Waals surface area contributed by atoms with E-state index in [0.29, 0.717) is 13.1 Å². The second-order valence-corrected chi connectivity index (χ2v) is 11.7. The molecule has 2 aromatic heterocycles. The number of likely N-dealkylation sites (tertiary alicyclic amines) is 1. The van der Waals surface area contributed by atoms with Gasteiger partial charge in [-0.05, 0) is 61.4 Å². The summed E-state index contributed by atoms with van der Waals surface area (Å²) in [5, 5.41) is 3.02. The van der Waals surface area contributed by atoms with Crippen LogP contribution in [0.4, 0.5) is 16.2 Å². The number of fused-ring (bicyclic) bond motifs is 1. The van der Waals surface area contributed by atoms with E-state index in [2.05, 4.69) is 9.72 Å². The number of carbonyl (C=O) groups excluding carboxylic acids is 1. The van der Waals surface area contributed by atoms with Crippen molar-refractivity contribution in [2.24, 2.45) is 0 Å². The number of carbonyl (C=O) groups is 1. The number of benzene rings is 2. The van der Waals surface area contributed by atoms with Gasteiger partial charge >= 0.3 is 6.03 Å². The summed E-state index contributed by atoms with van der Waals surface area (Å²) in [6.45, 7) is 1.24. The third kappa shape index (κ3) is 5.17. The minimum absolute atomic E-state index is 0.0531. The normalized spacial score (nSPS) is 16.1. The van der Waals surface area contributed by atoms with Crippen LogP contribution in [0.1, 0.15) is 24.6 Å². The molecular formula is C28H31N5O3S. The summed E-state index contributed by atoms with van der Waals surface area (Å²) in [6, 6.07) is 20.5. The average molecular weight is 518 g/mol. The second-order valence-electron chi connectivity index (χ2n) is 9.73. The topological polar surface area (TPSA) is 87.0 Å². The molecule has 1 aliphatic heterocycles. The van der Waals surface area contributed by atoms with Crippen LogP contribution < -0.4 is 10.2 Å². The van der Waals surface area contributed by atoms with E-state index in [1.54, 1.807) is 18.2 Å². The van der Waals surface area contributed by atoms with E-state index in [-0.39, 0.29) is 16.8 Å². The Morgan fingerprint density at radius 1 is 1.05 bits per heavy atom. The molecule has 0 saturated carbocycles. The number of piperidine rings is 1. The quantitative estimate of drug-likeness (QED) is 0.408. The number of amides is 2. The molecule has 0 aliphatic carbocycles. The first kappa shape index (κ1) is 24.8. The number of nitrogens with one attached hydrogen (secondary N) is 1. The predicted molar refractivity (Wildman–Crippen MR) is 147 cm³/mol. The molecule has 4 aromatic rings. The summed E-state index contributed by atoms with van der Waals surface area (Å²) >= 11 is 0. The van der Waals surface area contributed by atoms with Crippen molar-refractivity contribution in [1.29, 1.82) is 0 Å². The van der Waals surface area contributed by atoms with Crippen LogP contribution >= 0.6 is 0 Å². The van der Waals surface area contributed by atoms with Gasteiger partial charge in [0.25, 0.3) is 0 Å². The molecule has 0 spiro atoms. The summed E-state index contributed by atoms with van der Waals surface area (Å²) in [5.74, 6) is 0.931. The molecular weight excluding hydrogens is 486 g/mol. The van der Waals surface area contributed by atoms with E-state index in [0.717, 1.165) is 46.8 Å². The zero-order chi connectivity index (χ0) is 26.2. The van der Waals surface area contributed by atoms with Crippen molar-refractivity contribution >= 4 is 32.8 Å². The molecule has 1 atom stereocenters. The van der Waals surface area contributed by atoms with E-state index >= 15 is 0 Å². The second kappa shape index (κ2) is 9.89. The highest BCUT2D eigenvalue weighted by molar-refractivity contribution is 7.90. The first-order valence-electron chi connectivity index (χ1n) is 12.3. The van der Waals surface area contributed by atoms with Gasteiger partial charge in [-0.25, -0.2) is 18.2 Å². The van der Waals surface area contributed by atoms with Crippen molar-refractivity contribution in [1.82, 2.24) is 14.3 Å². The molecule has 2 aromatic carbocycles. The van der Waals surface area contributed by atoms with Crippen molar-refractivity contribution in [3.63, 3.8) is 0 Å². The fourth-order valence-corrected chi connectivity index (χ4v) is 5.52. The van der Waals surface area contributed by atoms with E-state index in [4.69, 9.17) is 4.98 Å². The van der Waals surface area contributed by atoms with Crippen molar-refractivity contribution < 1.29 is 13.2 Å². The highest BCUT2D eigenvalue weighted by Gasteiger charge is 2.29. The van der Waals surface area contributed by atoms with Crippen molar-refractivity contribution in [3.05, 3.63) is 78.8 Å². The lowest BCUT2D eigenvalue weighted by Crippen LogP contribution is -2.42. The third-order valence-electron chi connectivity index (χ3n) is 6.82. The standard InChI is InChI=1S/C28H31N5O3S/c1-31(2)23-14-12-22(13-15-23)29-28(34)32-16-7-9-21(19-32)27-30-26(25-11-4-5-17-33(25)27)20-8-6-10-24(18-20)37(3,35)36/h4-6,8,10-15,17-18,21H,7,9,16,19H2,1-3H3,(H,29,34)/t21-/m1/s1. The number of anilines is 2. The maximum absolute atomic E-state index is 13.1. The van der Waals surface area contributed by atoms with Crippen LogP contribution in [0.25, 0.3) is 16.8 Å². The van der Waals surface area contributed by atoms with Gasteiger partial charge in [-0.15, -0.1) is 0 Å². The highest BCUT2D eigenvalue weighted by Crippen LogP contribution is 2.33. The van der Waals surface area contributed by atoms with E-state index < -0.39 is 9.84 Å². The number of hydrogen-bond donors (Lipinski definition) is 1.